The van der Waals surface area contributed by atoms with E-state index in [-0.39, 0.29) is 18.8 Å². The fraction of sp³-hybridized carbons (Fsp3) is 1.00. The first-order valence-electron chi connectivity index (χ1n) is 3.94. The van der Waals surface area contributed by atoms with Gasteiger partial charge >= 0.3 is 0 Å². The van der Waals surface area contributed by atoms with Gasteiger partial charge in [-0.25, -0.2) is 8.78 Å². The zero-order valence-corrected chi connectivity index (χ0v) is 6.90. The average Bonchev–Trinajstić information content (AvgIpc) is 1.77. The van der Waals surface area contributed by atoms with Crippen LogP contribution in [0.25, 0.3) is 0 Å². The van der Waals surface area contributed by atoms with E-state index in [1.54, 1.807) is 0 Å². The molecule has 3 heteroatoms. The van der Waals surface area contributed by atoms with Gasteiger partial charge in [-0.2, -0.15) is 0 Å². The van der Waals surface area contributed by atoms with Crippen molar-refractivity contribution in [3.63, 3.8) is 0 Å². The first kappa shape index (κ1) is 8.91. The molecule has 1 fully saturated rings. The first-order valence-corrected chi connectivity index (χ1v) is 3.94. The third-order valence-corrected chi connectivity index (χ3v) is 2.62. The van der Waals surface area contributed by atoms with E-state index in [0.717, 1.165) is 0 Å². The van der Waals surface area contributed by atoms with E-state index in [9.17, 15) is 13.9 Å². The predicted molar refractivity (Wildman–Crippen MR) is 38.6 cm³/mol. The van der Waals surface area contributed by atoms with Crippen LogP contribution in [0.1, 0.15) is 33.1 Å². The van der Waals surface area contributed by atoms with Crippen molar-refractivity contribution in [3.8, 4) is 0 Å². The van der Waals surface area contributed by atoms with Crippen molar-refractivity contribution in [2.45, 2.75) is 44.6 Å². The van der Waals surface area contributed by atoms with Crippen LogP contribution in [0.5, 0.6) is 0 Å². The largest absolute Gasteiger partial charge is 0.390 e. The van der Waals surface area contributed by atoms with E-state index in [0.29, 0.717) is 6.42 Å². The van der Waals surface area contributed by atoms with E-state index in [2.05, 4.69) is 0 Å². The Morgan fingerprint density at radius 2 is 2.00 bits per heavy atom. The van der Waals surface area contributed by atoms with Crippen molar-refractivity contribution < 1.29 is 13.9 Å². The van der Waals surface area contributed by atoms with Gasteiger partial charge in [0.25, 0.3) is 5.92 Å². The van der Waals surface area contributed by atoms with Crippen molar-refractivity contribution in [2.75, 3.05) is 0 Å². The summed E-state index contributed by atoms with van der Waals surface area (Å²) < 4.78 is 25.4. The van der Waals surface area contributed by atoms with Crippen LogP contribution < -0.4 is 0 Å². The number of hydrogen-bond donors (Lipinski definition) is 1. The second-order valence-electron chi connectivity index (χ2n) is 3.83. The monoisotopic (exact) mass is 164 g/mol. The fourth-order valence-electron chi connectivity index (χ4n) is 1.52. The molecule has 0 aromatic heterocycles. The van der Waals surface area contributed by atoms with Crippen LogP contribution in [0.4, 0.5) is 8.78 Å². The molecule has 0 aliphatic heterocycles. The molecule has 11 heavy (non-hydrogen) atoms. The van der Waals surface area contributed by atoms with Crippen LogP contribution in [0.15, 0.2) is 0 Å². The van der Waals surface area contributed by atoms with Gasteiger partial charge in [-0.05, 0) is 19.3 Å². The normalized spacial score (nSPS) is 43.9. The van der Waals surface area contributed by atoms with Crippen LogP contribution in [-0.4, -0.2) is 16.6 Å². The molecule has 0 bridgehead atoms. The van der Waals surface area contributed by atoms with Gasteiger partial charge in [0.2, 0.25) is 0 Å². The Hall–Kier alpha value is -0.180. The van der Waals surface area contributed by atoms with Gasteiger partial charge in [0.1, 0.15) is 0 Å². The summed E-state index contributed by atoms with van der Waals surface area (Å²) >= 11 is 0. The van der Waals surface area contributed by atoms with Gasteiger partial charge in [-0.3, -0.25) is 0 Å². The SMILES string of the molecule is C[C@@H]1CCC(F)(F)C[C@]1(C)O. The highest BCUT2D eigenvalue weighted by Gasteiger charge is 2.45. The highest BCUT2D eigenvalue weighted by atomic mass is 19.3. The molecule has 1 nitrogen and oxygen atoms in total. The lowest BCUT2D eigenvalue weighted by Crippen LogP contribution is -2.44. The molecule has 0 unspecified atom stereocenters. The summed E-state index contributed by atoms with van der Waals surface area (Å²) in [6.07, 6.45) is -0.0501. The van der Waals surface area contributed by atoms with Gasteiger partial charge in [0.05, 0.1) is 5.60 Å². The van der Waals surface area contributed by atoms with Crippen LogP contribution >= 0.6 is 0 Å². The lowest BCUT2D eigenvalue weighted by atomic mass is 9.76. The molecule has 0 aromatic carbocycles. The highest BCUT2D eigenvalue weighted by molar-refractivity contribution is 4.91. The van der Waals surface area contributed by atoms with Crippen LogP contribution in [0.3, 0.4) is 0 Å². The number of halogens is 2. The van der Waals surface area contributed by atoms with Gasteiger partial charge in [-0.1, -0.05) is 6.92 Å². The Morgan fingerprint density at radius 1 is 1.45 bits per heavy atom. The van der Waals surface area contributed by atoms with E-state index in [1.807, 2.05) is 6.92 Å². The van der Waals surface area contributed by atoms with Gasteiger partial charge in [0, 0.05) is 12.8 Å². The average molecular weight is 164 g/mol. The molecule has 1 aliphatic rings. The maximum Gasteiger partial charge on any atom is 0.250 e. The smallest absolute Gasteiger partial charge is 0.250 e. The third kappa shape index (κ3) is 1.89. The summed E-state index contributed by atoms with van der Waals surface area (Å²) in [6, 6.07) is 0. The van der Waals surface area contributed by atoms with Gasteiger partial charge < -0.3 is 5.11 Å². The topological polar surface area (TPSA) is 20.2 Å². The predicted octanol–water partition coefficient (Wildman–Crippen LogP) is 2.19. The van der Waals surface area contributed by atoms with Crippen LogP contribution in [0.2, 0.25) is 0 Å². The van der Waals surface area contributed by atoms with Crippen molar-refractivity contribution in [1.29, 1.82) is 0 Å². The lowest BCUT2D eigenvalue weighted by Gasteiger charge is -2.38. The molecule has 1 aliphatic carbocycles. The van der Waals surface area contributed by atoms with E-state index in [4.69, 9.17) is 0 Å². The van der Waals surface area contributed by atoms with E-state index in [1.165, 1.54) is 6.92 Å². The van der Waals surface area contributed by atoms with Crippen LogP contribution in [-0.2, 0) is 0 Å². The van der Waals surface area contributed by atoms with Gasteiger partial charge in [0.15, 0.2) is 0 Å². The van der Waals surface area contributed by atoms with Crippen molar-refractivity contribution in [2.24, 2.45) is 5.92 Å². The molecule has 0 radical (unpaired) electrons. The van der Waals surface area contributed by atoms with E-state index < -0.39 is 11.5 Å². The molecule has 1 N–H and O–H groups in total. The first-order chi connectivity index (χ1) is 4.83. The zero-order chi connectivity index (χ0) is 8.70. The Balaban J connectivity index is 2.67. The van der Waals surface area contributed by atoms with Gasteiger partial charge in [-0.15, -0.1) is 0 Å². The van der Waals surface area contributed by atoms with Crippen LogP contribution in [0, 0.1) is 5.92 Å². The molecule has 0 spiro atoms. The summed E-state index contributed by atoms with van der Waals surface area (Å²) in [5, 5.41) is 9.50. The molecule has 0 heterocycles. The number of aliphatic hydroxyl groups is 1. The summed E-state index contributed by atoms with van der Waals surface area (Å²) in [4.78, 5) is 0. The second kappa shape index (κ2) is 2.41. The summed E-state index contributed by atoms with van der Waals surface area (Å²) in [7, 11) is 0. The molecule has 0 saturated heterocycles. The highest BCUT2D eigenvalue weighted by Crippen LogP contribution is 2.41. The number of rotatable bonds is 0. The Kier molecular flexibility index (Phi) is 1.95. The summed E-state index contributed by atoms with van der Waals surface area (Å²) in [5.74, 6) is -2.67. The second-order valence-corrected chi connectivity index (χ2v) is 3.83. The quantitative estimate of drug-likeness (QED) is 0.582. The minimum Gasteiger partial charge on any atom is -0.390 e. The molecular weight excluding hydrogens is 150 g/mol. The molecular formula is C8H14F2O. The third-order valence-electron chi connectivity index (χ3n) is 2.62. The minimum absolute atomic E-state index is 0.0119. The Bertz CT molecular complexity index is 154. The Labute approximate surface area is 65.4 Å². The number of hydrogen-bond acceptors (Lipinski definition) is 1. The van der Waals surface area contributed by atoms with Crippen molar-refractivity contribution >= 4 is 0 Å². The Morgan fingerprint density at radius 3 is 2.36 bits per heavy atom. The minimum atomic E-state index is -2.66. The molecule has 0 amide bonds. The maximum atomic E-state index is 12.7. The van der Waals surface area contributed by atoms with Crippen molar-refractivity contribution in [3.05, 3.63) is 0 Å². The van der Waals surface area contributed by atoms with E-state index >= 15 is 0 Å². The fourth-order valence-corrected chi connectivity index (χ4v) is 1.52. The summed E-state index contributed by atoms with van der Waals surface area (Å²) in [6.45, 7) is 3.31. The van der Waals surface area contributed by atoms with Crippen molar-refractivity contribution in [1.82, 2.24) is 0 Å². The molecule has 2 atom stereocenters. The molecule has 0 aromatic rings. The standard InChI is InChI=1S/C8H14F2O/c1-6-3-4-8(9,10)5-7(6,2)11/h6,11H,3-5H2,1-2H3/t6-,7+/m1/s1. The number of alkyl halides is 2. The maximum absolute atomic E-state index is 12.7. The zero-order valence-electron chi connectivity index (χ0n) is 6.90. The molecule has 1 rings (SSSR count). The lowest BCUT2D eigenvalue weighted by molar-refractivity contribution is -0.140. The molecule has 1 saturated carbocycles. The summed E-state index contributed by atoms with van der Waals surface area (Å²) in [5.41, 5.74) is -1.18. The molecule has 66 valence electrons.